The highest BCUT2D eigenvalue weighted by Gasteiger charge is 2.26. The topological polar surface area (TPSA) is 77.2 Å². The summed E-state index contributed by atoms with van der Waals surface area (Å²) in [5, 5.41) is 0. The van der Waals surface area contributed by atoms with Crippen molar-refractivity contribution in [2.45, 2.75) is 53.7 Å². The number of anilines is 2. The Hall–Kier alpha value is -1.59. The first-order chi connectivity index (χ1) is 8.61. The molecular weight excluding hydrogens is 242 g/mol. The average molecular weight is 267 g/mol. The fourth-order valence-electron chi connectivity index (χ4n) is 1.54. The van der Waals surface area contributed by atoms with Crippen LogP contribution in [0.15, 0.2) is 0 Å². The van der Waals surface area contributed by atoms with Crippen LogP contribution in [0.1, 0.15) is 41.5 Å². The molecule has 1 rings (SSSR count). The molecule has 6 nitrogen and oxygen atoms in total. The van der Waals surface area contributed by atoms with E-state index in [0.717, 1.165) is 0 Å². The molecule has 1 unspecified atom stereocenters. The molecule has 1 aromatic rings. The lowest BCUT2D eigenvalue weighted by atomic mass is 9.87. The molecule has 0 spiro atoms. The van der Waals surface area contributed by atoms with Crippen molar-refractivity contribution in [2.24, 2.45) is 5.41 Å². The van der Waals surface area contributed by atoms with Crippen LogP contribution in [0, 0.1) is 5.41 Å². The lowest BCUT2D eigenvalue weighted by Gasteiger charge is -2.35. The predicted molar refractivity (Wildman–Crippen MR) is 77.3 cm³/mol. The van der Waals surface area contributed by atoms with Gasteiger partial charge in [-0.25, -0.2) is 0 Å². The minimum Gasteiger partial charge on any atom is -0.461 e. The molecule has 19 heavy (non-hydrogen) atoms. The summed E-state index contributed by atoms with van der Waals surface area (Å²) in [6, 6.07) is 0.520. The fourth-order valence-corrected chi connectivity index (χ4v) is 1.54. The second-order valence-electron chi connectivity index (χ2n) is 6.10. The maximum Gasteiger partial charge on any atom is 0.323 e. The number of hydrogen-bond donors (Lipinski definition) is 1. The summed E-state index contributed by atoms with van der Waals surface area (Å²) < 4.78 is 5.48. The molecule has 0 fully saturated rings. The van der Waals surface area contributed by atoms with Gasteiger partial charge in [0, 0.05) is 13.1 Å². The van der Waals surface area contributed by atoms with Crippen molar-refractivity contribution >= 4 is 11.9 Å². The van der Waals surface area contributed by atoms with E-state index in [1.54, 1.807) is 0 Å². The van der Waals surface area contributed by atoms with Crippen LogP contribution >= 0.6 is 0 Å². The molecule has 0 amide bonds. The van der Waals surface area contributed by atoms with Crippen LogP contribution in [0.5, 0.6) is 6.01 Å². The number of rotatable bonds is 4. The number of ether oxygens (including phenoxy) is 1. The first kappa shape index (κ1) is 15.5. The first-order valence-corrected chi connectivity index (χ1v) is 6.52. The summed E-state index contributed by atoms with van der Waals surface area (Å²) in [5.41, 5.74) is 5.82. The van der Waals surface area contributed by atoms with Gasteiger partial charge in [0.25, 0.3) is 0 Å². The second kappa shape index (κ2) is 5.59. The summed E-state index contributed by atoms with van der Waals surface area (Å²) in [6.07, 6.45) is -0.00000398. The zero-order valence-electron chi connectivity index (χ0n) is 12.9. The van der Waals surface area contributed by atoms with Crippen molar-refractivity contribution in [2.75, 3.05) is 17.7 Å². The van der Waals surface area contributed by atoms with Crippen molar-refractivity contribution in [1.82, 2.24) is 15.0 Å². The highest BCUT2D eigenvalue weighted by Crippen LogP contribution is 2.26. The van der Waals surface area contributed by atoms with Gasteiger partial charge in [0.2, 0.25) is 11.9 Å². The number of nitrogens with two attached hydrogens (primary N) is 1. The SMILES string of the molecule is CC(C)Oc1nc(N)nc(N(C)C(C)C(C)(C)C)n1. The van der Waals surface area contributed by atoms with Crippen LogP contribution in [0.25, 0.3) is 0 Å². The van der Waals surface area contributed by atoms with Gasteiger partial charge >= 0.3 is 6.01 Å². The van der Waals surface area contributed by atoms with Gasteiger partial charge in [-0.15, -0.1) is 0 Å². The second-order valence-corrected chi connectivity index (χ2v) is 6.10. The Morgan fingerprint density at radius 2 is 1.68 bits per heavy atom. The Labute approximate surface area is 115 Å². The molecule has 0 radical (unpaired) electrons. The largest absolute Gasteiger partial charge is 0.461 e. The van der Waals surface area contributed by atoms with Crippen molar-refractivity contribution in [3.63, 3.8) is 0 Å². The number of aromatic nitrogens is 3. The minimum absolute atomic E-state index is 0.00000398. The monoisotopic (exact) mass is 267 g/mol. The first-order valence-electron chi connectivity index (χ1n) is 6.52. The van der Waals surface area contributed by atoms with E-state index in [1.807, 2.05) is 25.8 Å². The molecule has 0 aliphatic heterocycles. The summed E-state index contributed by atoms with van der Waals surface area (Å²) >= 11 is 0. The van der Waals surface area contributed by atoms with Crippen molar-refractivity contribution in [3.05, 3.63) is 0 Å². The van der Waals surface area contributed by atoms with Gasteiger partial charge in [-0.2, -0.15) is 15.0 Å². The standard InChI is InChI=1S/C13H25N5O/c1-8(2)19-12-16-10(14)15-11(17-12)18(7)9(3)13(4,5)6/h8-9H,1-7H3,(H2,14,15,16,17). The fraction of sp³-hybridized carbons (Fsp3) is 0.769. The molecule has 0 aromatic carbocycles. The molecule has 1 aromatic heterocycles. The Morgan fingerprint density at radius 3 is 2.16 bits per heavy atom. The van der Waals surface area contributed by atoms with Gasteiger partial charge in [-0.3, -0.25) is 0 Å². The van der Waals surface area contributed by atoms with Gasteiger partial charge in [0.15, 0.2) is 0 Å². The Bertz CT molecular complexity index is 428. The quantitative estimate of drug-likeness (QED) is 0.900. The van der Waals surface area contributed by atoms with Crippen molar-refractivity contribution in [1.29, 1.82) is 0 Å². The Morgan fingerprint density at radius 1 is 1.11 bits per heavy atom. The summed E-state index contributed by atoms with van der Waals surface area (Å²) in [6.45, 7) is 12.5. The van der Waals surface area contributed by atoms with Crippen LogP contribution < -0.4 is 15.4 Å². The van der Waals surface area contributed by atoms with E-state index in [-0.39, 0.29) is 29.5 Å². The van der Waals surface area contributed by atoms with Gasteiger partial charge in [-0.05, 0) is 26.2 Å². The number of hydrogen-bond acceptors (Lipinski definition) is 6. The molecule has 6 heteroatoms. The molecule has 0 saturated heterocycles. The third-order valence-electron chi connectivity index (χ3n) is 3.11. The number of nitrogens with zero attached hydrogens (tertiary/aromatic N) is 4. The van der Waals surface area contributed by atoms with E-state index < -0.39 is 0 Å². The third-order valence-corrected chi connectivity index (χ3v) is 3.11. The zero-order chi connectivity index (χ0) is 14.8. The highest BCUT2D eigenvalue weighted by molar-refractivity contribution is 5.36. The molecule has 0 saturated carbocycles. The van der Waals surface area contributed by atoms with Gasteiger partial charge in [-0.1, -0.05) is 20.8 Å². The molecule has 2 N–H and O–H groups in total. The molecule has 1 atom stereocenters. The smallest absolute Gasteiger partial charge is 0.323 e. The summed E-state index contributed by atoms with van der Waals surface area (Å²) in [7, 11) is 1.95. The Kier molecular flexibility index (Phi) is 4.55. The molecule has 108 valence electrons. The van der Waals surface area contributed by atoms with Crippen molar-refractivity contribution < 1.29 is 4.74 Å². The lowest BCUT2D eigenvalue weighted by Crippen LogP contribution is -2.40. The molecule has 0 bridgehead atoms. The van der Waals surface area contributed by atoms with Gasteiger partial charge < -0.3 is 15.4 Å². The van der Waals surface area contributed by atoms with Crippen LogP contribution in [0.2, 0.25) is 0 Å². The summed E-state index contributed by atoms with van der Waals surface area (Å²) in [5.74, 6) is 0.708. The lowest BCUT2D eigenvalue weighted by molar-refractivity contribution is 0.221. The van der Waals surface area contributed by atoms with E-state index >= 15 is 0 Å². The van der Waals surface area contributed by atoms with Crippen molar-refractivity contribution in [3.8, 4) is 6.01 Å². The van der Waals surface area contributed by atoms with E-state index in [2.05, 4.69) is 42.6 Å². The molecule has 0 aliphatic rings. The highest BCUT2D eigenvalue weighted by atomic mass is 16.5. The maximum atomic E-state index is 5.71. The summed E-state index contributed by atoms with van der Waals surface area (Å²) in [4.78, 5) is 14.5. The van der Waals surface area contributed by atoms with Crippen LogP contribution in [-0.4, -0.2) is 34.1 Å². The predicted octanol–water partition coefficient (Wildman–Crippen LogP) is 2.11. The van der Waals surface area contributed by atoms with Crippen LogP contribution in [0.4, 0.5) is 11.9 Å². The van der Waals surface area contributed by atoms with Crippen LogP contribution in [0.3, 0.4) is 0 Å². The molecule has 1 heterocycles. The average Bonchev–Trinajstić information content (AvgIpc) is 2.23. The molecule has 0 aliphatic carbocycles. The van der Waals surface area contributed by atoms with Gasteiger partial charge in [0.05, 0.1) is 6.10 Å². The maximum absolute atomic E-state index is 5.71. The Balaban J connectivity index is 3.03. The van der Waals surface area contributed by atoms with Gasteiger partial charge in [0.1, 0.15) is 0 Å². The molecular formula is C13H25N5O. The normalized spacial score (nSPS) is 13.5. The zero-order valence-corrected chi connectivity index (χ0v) is 12.9. The van der Waals surface area contributed by atoms with E-state index in [1.165, 1.54) is 0 Å². The minimum atomic E-state index is -0.00000398. The van der Waals surface area contributed by atoms with E-state index in [9.17, 15) is 0 Å². The van der Waals surface area contributed by atoms with E-state index in [0.29, 0.717) is 5.95 Å². The number of nitrogen functional groups attached to an aromatic ring is 1. The van der Waals surface area contributed by atoms with Crippen LogP contribution in [-0.2, 0) is 0 Å². The van der Waals surface area contributed by atoms with E-state index in [4.69, 9.17) is 10.5 Å². The third kappa shape index (κ3) is 4.22.